The fourth-order valence-electron chi connectivity index (χ4n) is 1.86. The van der Waals surface area contributed by atoms with E-state index in [1.54, 1.807) is 13.2 Å². The predicted octanol–water partition coefficient (Wildman–Crippen LogP) is 1.22. The van der Waals surface area contributed by atoms with Crippen LogP contribution in [-0.2, 0) is 7.05 Å². The van der Waals surface area contributed by atoms with Crippen LogP contribution in [0.2, 0.25) is 0 Å². The molecular formula is C13H16N6O. The number of hydrogen-bond acceptors (Lipinski definition) is 5. The van der Waals surface area contributed by atoms with Gasteiger partial charge in [-0.1, -0.05) is 19.9 Å². The Kier molecular flexibility index (Phi) is 3.88. The molecule has 0 fully saturated rings. The predicted molar refractivity (Wildman–Crippen MR) is 75.3 cm³/mol. The van der Waals surface area contributed by atoms with E-state index in [4.69, 9.17) is 0 Å². The van der Waals surface area contributed by atoms with Crippen LogP contribution in [-0.4, -0.2) is 29.6 Å². The summed E-state index contributed by atoms with van der Waals surface area (Å²) < 4.78 is 2.94. The smallest absolute Gasteiger partial charge is 0.268 e. The minimum absolute atomic E-state index is 0.179. The summed E-state index contributed by atoms with van der Waals surface area (Å²) in [4.78, 5) is 16.6. The standard InChI is InChI=1S/C11H10N6O.C2H6/c1-7-4-3-5-17-9(7)12-6-8(11(17)18)10-13-14-15-16(10)2;1-2/h3-6H,1-2H3;1-2H3. The van der Waals surface area contributed by atoms with Crippen LogP contribution < -0.4 is 5.56 Å². The second-order valence-electron chi connectivity index (χ2n) is 3.99. The Morgan fingerprint density at radius 2 is 2.00 bits per heavy atom. The van der Waals surface area contributed by atoms with E-state index in [2.05, 4.69) is 20.5 Å². The normalized spacial score (nSPS) is 10.2. The molecule has 3 aromatic heterocycles. The zero-order valence-electron chi connectivity index (χ0n) is 11.9. The van der Waals surface area contributed by atoms with Crippen LogP contribution in [0.3, 0.4) is 0 Å². The minimum Gasteiger partial charge on any atom is -0.268 e. The Bertz CT molecular complexity index is 789. The fourth-order valence-corrected chi connectivity index (χ4v) is 1.86. The Balaban J connectivity index is 0.000000704. The molecule has 7 heteroatoms. The van der Waals surface area contributed by atoms with Crippen LogP contribution in [0.25, 0.3) is 17.0 Å². The molecule has 0 unspecified atom stereocenters. The van der Waals surface area contributed by atoms with Crippen molar-refractivity contribution >= 4 is 5.65 Å². The molecule has 0 atom stereocenters. The zero-order valence-corrected chi connectivity index (χ0v) is 11.9. The van der Waals surface area contributed by atoms with Gasteiger partial charge in [0, 0.05) is 19.4 Å². The van der Waals surface area contributed by atoms with Crippen LogP contribution in [0, 0.1) is 6.92 Å². The third kappa shape index (κ3) is 2.18. The molecule has 0 aliphatic heterocycles. The molecule has 0 saturated carbocycles. The highest BCUT2D eigenvalue weighted by Gasteiger charge is 2.13. The molecule has 0 bridgehead atoms. The lowest BCUT2D eigenvalue weighted by molar-refractivity contribution is 0.714. The first kappa shape index (κ1) is 13.9. The van der Waals surface area contributed by atoms with E-state index < -0.39 is 0 Å². The number of pyridine rings is 1. The van der Waals surface area contributed by atoms with Gasteiger partial charge in [-0.05, 0) is 29.0 Å². The van der Waals surface area contributed by atoms with E-state index in [-0.39, 0.29) is 5.56 Å². The summed E-state index contributed by atoms with van der Waals surface area (Å²) in [5.41, 5.74) is 1.78. The summed E-state index contributed by atoms with van der Waals surface area (Å²) >= 11 is 0. The summed E-state index contributed by atoms with van der Waals surface area (Å²) in [6, 6.07) is 3.72. The van der Waals surface area contributed by atoms with Crippen LogP contribution in [0.5, 0.6) is 0 Å². The first-order valence-electron chi connectivity index (χ1n) is 6.38. The Labute approximate surface area is 115 Å². The summed E-state index contributed by atoms with van der Waals surface area (Å²) in [6.45, 7) is 5.91. The van der Waals surface area contributed by atoms with Gasteiger partial charge in [0.15, 0.2) is 5.82 Å². The average Bonchev–Trinajstić information content (AvgIpc) is 2.89. The van der Waals surface area contributed by atoms with Gasteiger partial charge in [-0.25, -0.2) is 9.67 Å². The van der Waals surface area contributed by atoms with E-state index in [1.807, 2.05) is 32.9 Å². The maximum Gasteiger partial charge on any atom is 0.269 e. The molecule has 0 N–H and O–H groups in total. The van der Waals surface area contributed by atoms with Gasteiger partial charge in [0.1, 0.15) is 11.2 Å². The SMILES string of the molecule is CC.Cc1cccn2c(=O)c(-c3nnnn3C)cnc12. The second kappa shape index (κ2) is 5.60. The molecule has 3 heterocycles. The molecule has 104 valence electrons. The first-order chi connectivity index (χ1) is 9.68. The van der Waals surface area contributed by atoms with Gasteiger partial charge in [0.25, 0.3) is 5.56 Å². The molecule has 20 heavy (non-hydrogen) atoms. The molecule has 0 saturated heterocycles. The molecule has 0 aliphatic carbocycles. The largest absolute Gasteiger partial charge is 0.269 e. The van der Waals surface area contributed by atoms with Gasteiger partial charge in [0.05, 0.1) is 0 Å². The van der Waals surface area contributed by atoms with E-state index in [1.165, 1.54) is 15.3 Å². The second-order valence-corrected chi connectivity index (χ2v) is 3.99. The number of fused-ring (bicyclic) bond motifs is 1. The molecule has 0 aromatic carbocycles. The minimum atomic E-state index is -0.179. The molecular weight excluding hydrogens is 256 g/mol. The number of aromatic nitrogens is 6. The zero-order chi connectivity index (χ0) is 14.7. The van der Waals surface area contributed by atoms with Crippen molar-refractivity contribution < 1.29 is 0 Å². The Hall–Kier alpha value is -2.57. The van der Waals surface area contributed by atoms with Crippen molar-refractivity contribution in [1.82, 2.24) is 29.6 Å². The molecule has 3 aromatic rings. The van der Waals surface area contributed by atoms with Crippen molar-refractivity contribution in [1.29, 1.82) is 0 Å². The van der Waals surface area contributed by atoms with Gasteiger partial charge >= 0.3 is 0 Å². The monoisotopic (exact) mass is 272 g/mol. The van der Waals surface area contributed by atoms with E-state index in [0.29, 0.717) is 17.0 Å². The summed E-state index contributed by atoms with van der Waals surface area (Å²) in [7, 11) is 1.68. The van der Waals surface area contributed by atoms with E-state index in [0.717, 1.165) is 5.56 Å². The highest BCUT2D eigenvalue weighted by molar-refractivity contribution is 5.56. The van der Waals surface area contributed by atoms with Crippen molar-refractivity contribution in [2.75, 3.05) is 0 Å². The molecule has 7 nitrogen and oxygen atoms in total. The number of nitrogens with zero attached hydrogens (tertiary/aromatic N) is 6. The summed E-state index contributed by atoms with van der Waals surface area (Å²) in [5.74, 6) is 0.406. The molecule has 0 radical (unpaired) electrons. The molecule has 0 amide bonds. The van der Waals surface area contributed by atoms with Crippen LogP contribution in [0.4, 0.5) is 0 Å². The number of aryl methyl sites for hydroxylation is 2. The van der Waals surface area contributed by atoms with Gasteiger partial charge in [0.2, 0.25) is 0 Å². The van der Waals surface area contributed by atoms with Crippen molar-refractivity contribution in [3.05, 3.63) is 40.4 Å². The third-order valence-electron chi connectivity index (χ3n) is 2.79. The van der Waals surface area contributed by atoms with Gasteiger partial charge in [-0.3, -0.25) is 9.20 Å². The van der Waals surface area contributed by atoms with Crippen molar-refractivity contribution in [3.63, 3.8) is 0 Å². The topological polar surface area (TPSA) is 78.0 Å². The molecule has 0 aliphatic rings. The van der Waals surface area contributed by atoms with Crippen LogP contribution >= 0.6 is 0 Å². The van der Waals surface area contributed by atoms with E-state index in [9.17, 15) is 4.79 Å². The fraction of sp³-hybridized carbons (Fsp3) is 0.308. The molecule has 0 spiro atoms. The average molecular weight is 272 g/mol. The lowest BCUT2D eigenvalue weighted by Gasteiger charge is -2.04. The molecule has 3 rings (SSSR count). The van der Waals surface area contributed by atoms with E-state index >= 15 is 0 Å². The van der Waals surface area contributed by atoms with Crippen molar-refractivity contribution in [2.24, 2.45) is 7.05 Å². The summed E-state index contributed by atoms with van der Waals surface area (Å²) in [5, 5.41) is 11.1. The Morgan fingerprint density at radius 3 is 2.65 bits per heavy atom. The lowest BCUT2D eigenvalue weighted by Crippen LogP contribution is -2.18. The van der Waals surface area contributed by atoms with Gasteiger partial charge < -0.3 is 0 Å². The Morgan fingerprint density at radius 1 is 1.25 bits per heavy atom. The van der Waals surface area contributed by atoms with Gasteiger partial charge in [-0.15, -0.1) is 5.10 Å². The van der Waals surface area contributed by atoms with Crippen LogP contribution in [0.1, 0.15) is 19.4 Å². The highest BCUT2D eigenvalue weighted by atomic mass is 16.1. The maximum atomic E-state index is 12.3. The first-order valence-corrected chi connectivity index (χ1v) is 6.38. The maximum absolute atomic E-state index is 12.3. The lowest BCUT2D eigenvalue weighted by atomic mass is 10.2. The number of tetrazole rings is 1. The van der Waals surface area contributed by atoms with Crippen molar-refractivity contribution in [2.45, 2.75) is 20.8 Å². The quantitative estimate of drug-likeness (QED) is 0.665. The summed E-state index contributed by atoms with van der Waals surface area (Å²) in [6.07, 6.45) is 3.20. The van der Waals surface area contributed by atoms with Crippen LogP contribution in [0.15, 0.2) is 29.3 Å². The highest BCUT2D eigenvalue weighted by Crippen LogP contribution is 2.11. The van der Waals surface area contributed by atoms with Gasteiger partial charge in [-0.2, -0.15) is 0 Å². The van der Waals surface area contributed by atoms with Crippen molar-refractivity contribution in [3.8, 4) is 11.4 Å². The third-order valence-corrected chi connectivity index (χ3v) is 2.79. The number of rotatable bonds is 1. The number of hydrogen-bond donors (Lipinski definition) is 0.